The number of nitro groups is 1. The quantitative estimate of drug-likeness (QED) is 0.324. The number of rotatable bonds is 5. The monoisotopic (exact) mass is 210 g/mol. The highest BCUT2D eigenvalue weighted by Crippen LogP contribution is 2.28. The van der Waals surface area contributed by atoms with Crippen molar-refractivity contribution in [1.29, 1.82) is 0 Å². The first-order valence-corrected chi connectivity index (χ1v) is 5.52. The Morgan fingerprint density at radius 3 is 3.07 bits per heavy atom. The van der Waals surface area contributed by atoms with Crippen LogP contribution in [0.15, 0.2) is 23.1 Å². The molecule has 0 heterocycles. The molecule has 0 fully saturated rings. The van der Waals surface area contributed by atoms with Crippen molar-refractivity contribution in [2.24, 2.45) is 0 Å². The zero-order valence-electron chi connectivity index (χ0n) is 8.03. The first-order valence-electron chi connectivity index (χ1n) is 4.53. The van der Waals surface area contributed by atoms with E-state index in [0.717, 1.165) is 18.6 Å². The Kier molecular flexibility index (Phi) is 4.46. The molecule has 75 valence electrons. The van der Waals surface area contributed by atoms with Crippen molar-refractivity contribution < 1.29 is 4.92 Å². The Morgan fingerprint density at radius 1 is 1.64 bits per heavy atom. The predicted molar refractivity (Wildman–Crippen MR) is 57.6 cm³/mol. The van der Waals surface area contributed by atoms with Gasteiger partial charge in [-0.2, -0.15) is 0 Å². The molecule has 1 rings (SSSR count). The lowest BCUT2D eigenvalue weighted by Crippen LogP contribution is -1.91. The molecule has 1 aromatic rings. The SMILES string of the molecule is CCCCSc1[c]cccc1[N+](=O)[O-]. The number of hydrogen-bond donors (Lipinski definition) is 0. The van der Waals surface area contributed by atoms with Gasteiger partial charge in [-0.3, -0.25) is 10.1 Å². The van der Waals surface area contributed by atoms with Gasteiger partial charge in [-0.25, -0.2) is 0 Å². The molecule has 0 saturated carbocycles. The van der Waals surface area contributed by atoms with Crippen LogP contribution in [-0.2, 0) is 0 Å². The van der Waals surface area contributed by atoms with E-state index >= 15 is 0 Å². The smallest absolute Gasteiger partial charge is 0.258 e. The molecule has 0 saturated heterocycles. The van der Waals surface area contributed by atoms with Gasteiger partial charge in [0.15, 0.2) is 0 Å². The van der Waals surface area contributed by atoms with Gasteiger partial charge in [0.25, 0.3) is 5.69 Å². The van der Waals surface area contributed by atoms with Crippen molar-refractivity contribution >= 4 is 17.4 Å². The summed E-state index contributed by atoms with van der Waals surface area (Å²) in [6.07, 6.45) is 2.18. The summed E-state index contributed by atoms with van der Waals surface area (Å²) in [7, 11) is 0. The summed E-state index contributed by atoms with van der Waals surface area (Å²) in [5, 5.41) is 10.6. The van der Waals surface area contributed by atoms with Crippen LogP contribution in [0.2, 0.25) is 0 Å². The van der Waals surface area contributed by atoms with E-state index in [0.29, 0.717) is 4.90 Å². The van der Waals surface area contributed by atoms with Crippen LogP contribution in [-0.4, -0.2) is 10.7 Å². The number of hydrogen-bond acceptors (Lipinski definition) is 3. The molecule has 0 bridgehead atoms. The maximum absolute atomic E-state index is 10.6. The van der Waals surface area contributed by atoms with Crippen LogP contribution < -0.4 is 0 Å². The van der Waals surface area contributed by atoms with E-state index in [1.165, 1.54) is 17.8 Å². The second-order valence-corrected chi connectivity index (χ2v) is 3.95. The third-order valence-electron chi connectivity index (χ3n) is 1.74. The topological polar surface area (TPSA) is 43.1 Å². The van der Waals surface area contributed by atoms with Crippen molar-refractivity contribution in [2.75, 3.05) is 5.75 Å². The van der Waals surface area contributed by atoms with Crippen LogP contribution in [0, 0.1) is 16.2 Å². The minimum absolute atomic E-state index is 0.161. The molecule has 1 radical (unpaired) electrons. The van der Waals surface area contributed by atoms with Crippen molar-refractivity contribution in [3.05, 3.63) is 34.4 Å². The molecule has 0 spiro atoms. The van der Waals surface area contributed by atoms with E-state index in [1.807, 2.05) is 0 Å². The first-order chi connectivity index (χ1) is 6.75. The van der Waals surface area contributed by atoms with Crippen molar-refractivity contribution in [2.45, 2.75) is 24.7 Å². The Labute approximate surface area is 87.7 Å². The summed E-state index contributed by atoms with van der Waals surface area (Å²) in [5.41, 5.74) is 0.161. The summed E-state index contributed by atoms with van der Waals surface area (Å²) in [4.78, 5) is 10.9. The average molecular weight is 210 g/mol. The lowest BCUT2D eigenvalue weighted by molar-refractivity contribution is -0.387. The number of unbranched alkanes of at least 4 members (excludes halogenated alkanes) is 1. The van der Waals surface area contributed by atoms with Gasteiger partial charge in [0, 0.05) is 12.1 Å². The fourth-order valence-electron chi connectivity index (χ4n) is 0.991. The van der Waals surface area contributed by atoms with Crippen LogP contribution in [0.1, 0.15) is 19.8 Å². The average Bonchev–Trinajstić information content (AvgIpc) is 2.19. The van der Waals surface area contributed by atoms with Crippen LogP contribution >= 0.6 is 11.8 Å². The van der Waals surface area contributed by atoms with E-state index in [1.54, 1.807) is 12.1 Å². The Morgan fingerprint density at radius 2 is 2.43 bits per heavy atom. The zero-order valence-corrected chi connectivity index (χ0v) is 8.84. The molecule has 0 amide bonds. The maximum atomic E-state index is 10.6. The molecule has 0 aliphatic carbocycles. The van der Waals surface area contributed by atoms with E-state index in [-0.39, 0.29) is 10.6 Å². The highest BCUT2D eigenvalue weighted by atomic mass is 32.2. The minimum atomic E-state index is -0.356. The van der Waals surface area contributed by atoms with Crippen LogP contribution in [0.5, 0.6) is 0 Å². The van der Waals surface area contributed by atoms with E-state index in [2.05, 4.69) is 13.0 Å². The summed E-state index contributed by atoms with van der Waals surface area (Å²) >= 11 is 1.50. The Hall–Kier alpha value is -1.03. The summed E-state index contributed by atoms with van der Waals surface area (Å²) in [5.74, 6) is 0.915. The maximum Gasteiger partial charge on any atom is 0.283 e. The molecule has 0 aliphatic heterocycles. The van der Waals surface area contributed by atoms with Gasteiger partial charge in [-0.15, -0.1) is 11.8 Å². The second kappa shape index (κ2) is 5.65. The molecule has 0 unspecified atom stereocenters. The summed E-state index contributed by atoms with van der Waals surface area (Å²) in [6.45, 7) is 2.10. The molecule has 0 atom stereocenters. The normalized spacial score (nSPS) is 10.1. The van der Waals surface area contributed by atoms with Gasteiger partial charge in [-0.1, -0.05) is 25.5 Å². The van der Waals surface area contributed by atoms with Crippen molar-refractivity contribution in [3.63, 3.8) is 0 Å². The highest BCUT2D eigenvalue weighted by molar-refractivity contribution is 7.99. The van der Waals surface area contributed by atoms with Crippen LogP contribution in [0.4, 0.5) is 5.69 Å². The van der Waals surface area contributed by atoms with Crippen LogP contribution in [0.25, 0.3) is 0 Å². The number of benzene rings is 1. The summed E-state index contributed by atoms with van der Waals surface area (Å²) in [6, 6.07) is 7.77. The van der Waals surface area contributed by atoms with Gasteiger partial charge >= 0.3 is 0 Å². The van der Waals surface area contributed by atoms with Gasteiger partial charge in [0.1, 0.15) is 0 Å². The van der Waals surface area contributed by atoms with Gasteiger partial charge in [0.2, 0.25) is 0 Å². The Balaban J connectivity index is 2.69. The number of nitro benzene ring substituents is 1. The molecule has 3 nitrogen and oxygen atoms in total. The molecular weight excluding hydrogens is 198 g/mol. The number of thioether (sulfide) groups is 1. The molecule has 0 N–H and O–H groups in total. The molecule has 4 heteroatoms. The molecular formula is C10H12NO2S. The molecule has 0 aliphatic rings. The van der Waals surface area contributed by atoms with Crippen molar-refractivity contribution in [3.8, 4) is 0 Å². The lowest BCUT2D eigenvalue weighted by atomic mass is 10.3. The van der Waals surface area contributed by atoms with Gasteiger partial charge in [-0.05, 0) is 12.2 Å². The van der Waals surface area contributed by atoms with Crippen LogP contribution in [0.3, 0.4) is 0 Å². The molecule has 14 heavy (non-hydrogen) atoms. The summed E-state index contributed by atoms with van der Waals surface area (Å²) < 4.78 is 0. The fraction of sp³-hybridized carbons (Fsp3) is 0.400. The first kappa shape index (κ1) is 11.0. The standard InChI is InChI=1S/C10H12NO2S/c1-2-3-8-14-10-7-5-4-6-9(10)11(12)13/h4-6H,2-3,8H2,1H3. The van der Waals surface area contributed by atoms with E-state index < -0.39 is 0 Å². The number of nitrogens with zero attached hydrogens (tertiary/aromatic N) is 1. The second-order valence-electron chi connectivity index (χ2n) is 2.84. The van der Waals surface area contributed by atoms with Crippen molar-refractivity contribution in [1.82, 2.24) is 0 Å². The van der Waals surface area contributed by atoms with Gasteiger partial charge in [0.05, 0.1) is 9.82 Å². The largest absolute Gasteiger partial charge is 0.283 e. The molecule has 1 aromatic carbocycles. The molecule has 0 aromatic heterocycles. The predicted octanol–water partition coefficient (Wildman–Crippen LogP) is 3.29. The lowest BCUT2D eigenvalue weighted by Gasteiger charge is -2.00. The third-order valence-corrected chi connectivity index (χ3v) is 2.85. The van der Waals surface area contributed by atoms with E-state index in [9.17, 15) is 10.1 Å². The zero-order chi connectivity index (χ0) is 10.4. The third kappa shape index (κ3) is 3.03. The Bertz CT molecular complexity index is 315. The van der Waals surface area contributed by atoms with E-state index in [4.69, 9.17) is 0 Å². The highest BCUT2D eigenvalue weighted by Gasteiger charge is 2.11. The van der Waals surface area contributed by atoms with Gasteiger partial charge < -0.3 is 0 Å². The minimum Gasteiger partial charge on any atom is -0.258 e. The fourth-order valence-corrected chi connectivity index (χ4v) is 2.07.